The second-order valence-corrected chi connectivity index (χ2v) is 9.35. The molecule has 0 saturated heterocycles. The minimum atomic E-state index is -0.460. The van der Waals surface area contributed by atoms with Crippen LogP contribution in [-0.4, -0.2) is 24.8 Å². The first-order chi connectivity index (χ1) is 11.0. The molecule has 1 heterocycles. The Morgan fingerprint density at radius 3 is 2.29 bits per heavy atom. The van der Waals surface area contributed by atoms with Crippen molar-refractivity contribution in [1.82, 2.24) is 10.6 Å². The summed E-state index contributed by atoms with van der Waals surface area (Å²) in [5.74, 6) is 0.838. The fraction of sp³-hybridized carbons (Fsp3) is 0.737. The molecular weight excluding hydrogens is 320 g/mol. The third kappa shape index (κ3) is 7.22. The molecule has 5 heteroatoms. The third-order valence-electron chi connectivity index (χ3n) is 4.08. The lowest BCUT2D eigenvalue weighted by atomic mass is 9.95. The highest BCUT2D eigenvalue weighted by atomic mass is 32.1. The number of ether oxygens (including phenoxy) is 1. The van der Waals surface area contributed by atoms with E-state index in [1.807, 2.05) is 32.1 Å². The van der Waals surface area contributed by atoms with Gasteiger partial charge in [-0.1, -0.05) is 13.8 Å². The summed E-state index contributed by atoms with van der Waals surface area (Å²) in [4.78, 5) is 14.6. The number of thiophene rings is 1. The zero-order chi connectivity index (χ0) is 18.5. The summed E-state index contributed by atoms with van der Waals surface area (Å²) in [6, 6.07) is 2.58. The molecule has 2 atom stereocenters. The Morgan fingerprint density at radius 2 is 1.83 bits per heavy atom. The van der Waals surface area contributed by atoms with Crippen molar-refractivity contribution < 1.29 is 9.53 Å². The average molecular weight is 355 g/mol. The van der Waals surface area contributed by atoms with E-state index in [1.54, 1.807) is 0 Å². The Labute approximate surface area is 151 Å². The van der Waals surface area contributed by atoms with E-state index >= 15 is 0 Å². The number of rotatable bonds is 7. The van der Waals surface area contributed by atoms with Gasteiger partial charge in [0.05, 0.1) is 0 Å². The fourth-order valence-corrected chi connectivity index (χ4v) is 3.61. The summed E-state index contributed by atoms with van der Waals surface area (Å²) in [6.07, 6.45) is -0.342. The number of alkyl carbamates (subject to hydrolysis) is 1. The molecule has 1 rings (SSSR count). The predicted molar refractivity (Wildman–Crippen MR) is 103 cm³/mol. The normalized spacial score (nSPS) is 14.5. The fourth-order valence-electron chi connectivity index (χ4n) is 2.59. The monoisotopic (exact) mass is 354 g/mol. The Kier molecular flexibility index (Phi) is 7.74. The molecular formula is C19H34N2O2S. The van der Waals surface area contributed by atoms with Gasteiger partial charge >= 0.3 is 6.09 Å². The third-order valence-corrected chi connectivity index (χ3v) is 5.06. The number of hydrogen-bond acceptors (Lipinski definition) is 4. The van der Waals surface area contributed by atoms with E-state index in [2.05, 4.69) is 51.3 Å². The van der Waals surface area contributed by atoms with E-state index in [1.165, 1.54) is 15.3 Å². The van der Waals surface area contributed by atoms with Gasteiger partial charge in [0.15, 0.2) is 0 Å². The highest BCUT2D eigenvalue weighted by molar-refractivity contribution is 7.12. The number of carbonyl (C=O) groups excluding carboxylic acids is 1. The number of hydrogen-bond donors (Lipinski definition) is 2. The maximum Gasteiger partial charge on any atom is 0.407 e. The lowest BCUT2D eigenvalue weighted by Gasteiger charge is -2.25. The van der Waals surface area contributed by atoms with Crippen molar-refractivity contribution in [2.24, 2.45) is 11.8 Å². The van der Waals surface area contributed by atoms with Crippen LogP contribution in [0.15, 0.2) is 6.07 Å². The summed E-state index contributed by atoms with van der Waals surface area (Å²) < 4.78 is 5.31. The van der Waals surface area contributed by atoms with Gasteiger partial charge in [-0.3, -0.25) is 0 Å². The summed E-state index contributed by atoms with van der Waals surface area (Å²) in [5, 5.41) is 6.52. The van der Waals surface area contributed by atoms with Crippen molar-refractivity contribution in [2.45, 2.75) is 67.0 Å². The van der Waals surface area contributed by atoms with E-state index in [-0.39, 0.29) is 6.09 Å². The van der Waals surface area contributed by atoms with Crippen molar-refractivity contribution in [3.63, 3.8) is 0 Å². The number of aryl methyl sites for hydroxylation is 2. The highest BCUT2D eigenvalue weighted by Crippen LogP contribution is 2.26. The molecule has 1 aromatic heterocycles. The molecule has 0 saturated carbocycles. The molecule has 0 spiro atoms. The summed E-state index contributed by atoms with van der Waals surface area (Å²) in [5.41, 5.74) is 0.915. The van der Waals surface area contributed by atoms with Gasteiger partial charge < -0.3 is 15.4 Å². The second-order valence-electron chi connectivity index (χ2n) is 7.89. The topological polar surface area (TPSA) is 50.4 Å². The lowest BCUT2D eigenvalue weighted by molar-refractivity contribution is 0.0514. The number of amides is 1. The van der Waals surface area contributed by atoms with Crippen molar-refractivity contribution >= 4 is 17.4 Å². The van der Waals surface area contributed by atoms with E-state index in [0.29, 0.717) is 24.4 Å². The smallest absolute Gasteiger partial charge is 0.407 e. The molecule has 0 aromatic carbocycles. The molecule has 24 heavy (non-hydrogen) atoms. The van der Waals surface area contributed by atoms with Crippen LogP contribution in [0.5, 0.6) is 0 Å². The number of carbonyl (C=O) groups is 1. The molecule has 0 radical (unpaired) electrons. The number of nitrogens with one attached hydrogen (secondary N) is 2. The van der Waals surface area contributed by atoms with Gasteiger partial charge in [0.2, 0.25) is 0 Å². The molecule has 138 valence electrons. The average Bonchev–Trinajstić information content (AvgIpc) is 2.75. The van der Waals surface area contributed by atoms with Crippen LogP contribution in [0.25, 0.3) is 0 Å². The molecule has 4 nitrogen and oxygen atoms in total. The Morgan fingerprint density at radius 1 is 1.21 bits per heavy atom. The molecule has 0 aliphatic rings. The largest absolute Gasteiger partial charge is 0.444 e. The molecule has 1 amide bonds. The molecule has 0 fully saturated rings. The maximum atomic E-state index is 11.8. The van der Waals surface area contributed by atoms with Crippen LogP contribution in [0, 0.1) is 25.7 Å². The molecule has 0 bridgehead atoms. The lowest BCUT2D eigenvalue weighted by Crippen LogP contribution is -2.40. The quantitative estimate of drug-likeness (QED) is 0.738. The van der Waals surface area contributed by atoms with Crippen LogP contribution in [0.2, 0.25) is 0 Å². The van der Waals surface area contributed by atoms with E-state index in [9.17, 15) is 4.79 Å². The Hall–Kier alpha value is -1.07. The van der Waals surface area contributed by atoms with Crippen LogP contribution in [0.3, 0.4) is 0 Å². The van der Waals surface area contributed by atoms with Gasteiger partial charge in [-0.2, -0.15) is 0 Å². The first-order valence-electron chi connectivity index (χ1n) is 8.76. The van der Waals surface area contributed by atoms with Crippen molar-refractivity contribution in [1.29, 1.82) is 0 Å². The Balaban J connectivity index is 2.51. The van der Waals surface area contributed by atoms with Gasteiger partial charge in [0, 0.05) is 28.9 Å². The van der Waals surface area contributed by atoms with E-state index in [0.717, 1.165) is 6.54 Å². The van der Waals surface area contributed by atoms with Crippen LogP contribution in [-0.2, 0) is 4.74 Å². The van der Waals surface area contributed by atoms with E-state index in [4.69, 9.17) is 4.74 Å². The Bertz CT molecular complexity index is 532. The maximum absolute atomic E-state index is 11.8. The van der Waals surface area contributed by atoms with Crippen LogP contribution in [0.4, 0.5) is 4.79 Å². The standard InChI is InChI=1S/C19H34N2O2S/c1-12(2)16(11-21-18(22)23-19(6,7)8)10-20-14(4)17-9-13(3)24-15(17)5/h9,12,14,16,20H,10-11H2,1-8H3,(H,21,22). The zero-order valence-corrected chi connectivity index (χ0v) is 17.3. The molecule has 1 aromatic rings. The minimum Gasteiger partial charge on any atom is -0.444 e. The highest BCUT2D eigenvalue weighted by Gasteiger charge is 2.20. The van der Waals surface area contributed by atoms with Gasteiger partial charge in [-0.15, -0.1) is 11.3 Å². The van der Waals surface area contributed by atoms with Crippen LogP contribution < -0.4 is 10.6 Å². The zero-order valence-electron chi connectivity index (χ0n) is 16.4. The first kappa shape index (κ1) is 21.0. The van der Waals surface area contributed by atoms with E-state index < -0.39 is 5.60 Å². The van der Waals surface area contributed by atoms with Gasteiger partial charge in [-0.25, -0.2) is 4.79 Å². The van der Waals surface area contributed by atoms with Crippen LogP contribution in [0.1, 0.15) is 62.9 Å². The minimum absolute atomic E-state index is 0.317. The van der Waals surface area contributed by atoms with Gasteiger partial charge in [0.25, 0.3) is 0 Å². The van der Waals surface area contributed by atoms with Gasteiger partial charge in [-0.05, 0) is 65.0 Å². The van der Waals surface area contributed by atoms with Crippen molar-refractivity contribution in [3.05, 3.63) is 21.4 Å². The summed E-state index contributed by atoms with van der Waals surface area (Å²) in [7, 11) is 0. The summed E-state index contributed by atoms with van der Waals surface area (Å²) >= 11 is 1.84. The molecule has 0 aliphatic carbocycles. The molecule has 2 unspecified atom stereocenters. The molecule has 0 aliphatic heterocycles. The summed E-state index contributed by atoms with van der Waals surface area (Å²) in [6.45, 7) is 18.0. The van der Waals surface area contributed by atoms with Crippen LogP contribution >= 0.6 is 11.3 Å². The van der Waals surface area contributed by atoms with Crippen molar-refractivity contribution in [3.8, 4) is 0 Å². The predicted octanol–water partition coefficient (Wildman–Crippen LogP) is 4.81. The SMILES string of the molecule is Cc1cc(C(C)NCC(CNC(=O)OC(C)(C)C)C(C)C)c(C)s1. The van der Waals surface area contributed by atoms with Gasteiger partial charge in [0.1, 0.15) is 5.60 Å². The molecule has 2 N–H and O–H groups in total. The van der Waals surface area contributed by atoms with Crippen molar-refractivity contribution in [2.75, 3.05) is 13.1 Å². The second kappa shape index (κ2) is 8.86. The first-order valence-corrected chi connectivity index (χ1v) is 9.58.